The van der Waals surface area contributed by atoms with Crippen LogP contribution in [-0.2, 0) is 6.54 Å². The highest BCUT2D eigenvalue weighted by Crippen LogP contribution is 2.21. The fraction of sp³-hybridized carbons (Fsp3) is 0.375. The molecule has 0 spiro atoms. The van der Waals surface area contributed by atoms with Gasteiger partial charge in [-0.1, -0.05) is 48.0 Å². The molecule has 2 rings (SSSR count). The first-order valence-electron chi connectivity index (χ1n) is 6.72. The van der Waals surface area contributed by atoms with Gasteiger partial charge in [0.15, 0.2) is 0 Å². The van der Waals surface area contributed by atoms with Crippen LogP contribution in [-0.4, -0.2) is 12.6 Å². The quantitative estimate of drug-likeness (QED) is 0.882. The van der Waals surface area contributed by atoms with Gasteiger partial charge >= 0.3 is 0 Å². The SMILES string of the molecule is CC(C)C(CN)NCc1ccc2cc(Br)ccc2c1. The molecular formula is C16H21BrN2. The lowest BCUT2D eigenvalue weighted by Gasteiger charge is -2.20. The van der Waals surface area contributed by atoms with Crippen LogP contribution in [0.15, 0.2) is 40.9 Å². The molecule has 0 aliphatic rings. The van der Waals surface area contributed by atoms with Gasteiger partial charge in [0.25, 0.3) is 0 Å². The maximum atomic E-state index is 5.78. The number of nitrogens with two attached hydrogens (primary N) is 1. The van der Waals surface area contributed by atoms with Crippen molar-refractivity contribution in [2.24, 2.45) is 11.7 Å². The molecule has 0 heterocycles. The number of hydrogen-bond acceptors (Lipinski definition) is 2. The first-order valence-corrected chi connectivity index (χ1v) is 7.51. The minimum atomic E-state index is 0.376. The molecule has 0 fully saturated rings. The predicted octanol–water partition coefficient (Wildman–Crippen LogP) is 3.68. The molecule has 2 aromatic carbocycles. The molecule has 1 unspecified atom stereocenters. The van der Waals surface area contributed by atoms with Crippen molar-refractivity contribution in [1.29, 1.82) is 0 Å². The number of fused-ring (bicyclic) bond motifs is 1. The van der Waals surface area contributed by atoms with Crippen LogP contribution in [0.3, 0.4) is 0 Å². The summed E-state index contributed by atoms with van der Waals surface area (Å²) in [6, 6.07) is 13.3. The minimum Gasteiger partial charge on any atom is -0.329 e. The number of nitrogens with one attached hydrogen (secondary N) is 1. The highest BCUT2D eigenvalue weighted by Gasteiger charge is 2.10. The van der Waals surface area contributed by atoms with E-state index >= 15 is 0 Å². The average Bonchev–Trinajstić information content (AvgIpc) is 2.39. The molecule has 3 heteroatoms. The topological polar surface area (TPSA) is 38.0 Å². The summed E-state index contributed by atoms with van der Waals surface area (Å²) >= 11 is 3.50. The Morgan fingerprint density at radius 2 is 1.79 bits per heavy atom. The van der Waals surface area contributed by atoms with Gasteiger partial charge in [0.1, 0.15) is 0 Å². The minimum absolute atomic E-state index is 0.376. The molecule has 2 aromatic rings. The lowest BCUT2D eigenvalue weighted by molar-refractivity contribution is 0.405. The first-order chi connectivity index (χ1) is 9.10. The Morgan fingerprint density at radius 1 is 1.11 bits per heavy atom. The average molecular weight is 321 g/mol. The van der Waals surface area contributed by atoms with E-state index in [1.165, 1.54) is 16.3 Å². The van der Waals surface area contributed by atoms with Crippen molar-refractivity contribution in [2.75, 3.05) is 6.54 Å². The van der Waals surface area contributed by atoms with E-state index in [-0.39, 0.29) is 0 Å². The van der Waals surface area contributed by atoms with Crippen molar-refractivity contribution in [3.63, 3.8) is 0 Å². The van der Waals surface area contributed by atoms with Crippen molar-refractivity contribution in [1.82, 2.24) is 5.32 Å². The molecule has 0 bridgehead atoms. The summed E-state index contributed by atoms with van der Waals surface area (Å²) in [6.45, 7) is 5.94. The summed E-state index contributed by atoms with van der Waals surface area (Å²) in [5.41, 5.74) is 7.08. The van der Waals surface area contributed by atoms with Crippen LogP contribution in [0.25, 0.3) is 10.8 Å². The van der Waals surface area contributed by atoms with E-state index in [2.05, 4.69) is 71.5 Å². The van der Waals surface area contributed by atoms with Crippen LogP contribution in [0, 0.1) is 5.92 Å². The van der Waals surface area contributed by atoms with Gasteiger partial charge in [0, 0.05) is 23.6 Å². The fourth-order valence-electron chi connectivity index (χ4n) is 2.22. The van der Waals surface area contributed by atoms with Crippen LogP contribution < -0.4 is 11.1 Å². The van der Waals surface area contributed by atoms with Crippen molar-refractivity contribution >= 4 is 26.7 Å². The van der Waals surface area contributed by atoms with Crippen LogP contribution in [0.5, 0.6) is 0 Å². The largest absolute Gasteiger partial charge is 0.329 e. The summed E-state index contributed by atoms with van der Waals surface area (Å²) in [4.78, 5) is 0. The molecule has 3 N–H and O–H groups in total. The summed E-state index contributed by atoms with van der Waals surface area (Å²) < 4.78 is 1.12. The lowest BCUT2D eigenvalue weighted by atomic mass is 10.0. The van der Waals surface area contributed by atoms with Crippen molar-refractivity contribution in [3.8, 4) is 0 Å². The molecule has 0 saturated carbocycles. The number of halogens is 1. The third-order valence-electron chi connectivity index (χ3n) is 3.49. The van der Waals surface area contributed by atoms with E-state index in [4.69, 9.17) is 5.73 Å². The maximum Gasteiger partial charge on any atom is 0.0216 e. The Hall–Kier alpha value is -0.900. The Morgan fingerprint density at radius 3 is 2.47 bits per heavy atom. The second kappa shape index (κ2) is 6.51. The van der Waals surface area contributed by atoms with Gasteiger partial charge in [-0.2, -0.15) is 0 Å². The second-order valence-corrected chi connectivity index (χ2v) is 6.21. The maximum absolute atomic E-state index is 5.78. The molecule has 0 saturated heterocycles. The fourth-order valence-corrected chi connectivity index (χ4v) is 2.59. The second-order valence-electron chi connectivity index (χ2n) is 5.29. The predicted molar refractivity (Wildman–Crippen MR) is 86.2 cm³/mol. The summed E-state index contributed by atoms with van der Waals surface area (Å²) in [7, 11) is 0. The van der Waals surface area contributed by atoms with Gasteiger partial charge in [-0.15, -0.1) is 0 Å². The van der Waals surface area contributed by atoms with Gasteiger partial charge in [0.2, 0.25) is 0 Å². The highest BCUT2D eigenvalue weighted by molar-refractivity contribution is 9.10. The molecule has 0 aliphatic heterocycles. The third-order valence-corrected chi connectivity index (χ3v) is 3.99. The van der Waals surface area contributed by atoms with E-state index in [1.54, 1.807) is 0 Å². The van der Waals surface area contributed by atoms with Gasteiger partial charge in [-0.05, 0) is 40.5 Å². The van der Waals surface area contributed by atoms with Crippen LogP contribution >= 0.6 is 15.9 Å². The molecule has 2 nitrogen and oxygen atoms in total. The molecule has 0 radical (unpaired) electrons. The molecular weight excluding hydrogens is 300 g/mol. The molecule has 102 valence electrons. The zero-order valence-electron chi connectivity index (χ0n) is 11.5. The van der Waals surface area contributed by atoms with Gasteiger partial charge < -0.3 is 11.1 Å². The number of benzene rings is 2. The Bertz CT molecular complexity index is 551. The zero-order chi connectivity index (χ0) is 13.8. The van der Waals surface area contributed by atoms with Gasteiger partial charge in [0.05, 0.1) is 0 Å². The summed E-state index contributed by atoms with van der Waals surface area (Å²) in [5.74, 6) is 0.557. The van der Waals surface area contributed by atoms with Gasteiger partial charge in [-0.25, -0.2) is 0 Å². The third kappa shape index (κ3) is 3.78. The first kappa shape index (κ1) is 14.5. The lowest BCUT2D eigenvalue weighted by Crippen LogP contribution is -2.39. The number of hydrogen-bond donors (Lipinski definition) is 2. The van der Waals surface area contributed by atoms with Crippen molar-refractivity contribution in [2.45, 2.75) is 26.4 Å². The van der Waals surface area contributed by atoms with E-state index in [0.29, 0.717) is 18.5 Å². The number of rotatable bonds is 5. The van der Waals surface area contributed by atoms with Crippen molar-refractivity contribution < 1.29 is 0 Å². The van der Waals surface area contributed by atoms with E-state index in [0.717, 1.165) is 11.0 Å². The smallest absolute Gasteiger partial charge is 0.0216 e. The molecule has 19 heavy (non-hydrogen) atoms. The highest BCUT2D eigenvalue weighted by atomic mass is 79.9. The summed E-state index contributed by atoms with van der Waals surface area (Å²) in [6.07, 6.45) is 0. The van der Waals surface area contributed by atoms with Crippen molar-refractivity contribution in [3.05, 3.63) is 46.4 Å². The molecule has 1 atom stereocenters. The van der Waals surface area contributed by atoms with Crippen LogP contribution in [0.1, 0.15) is 19.4 Å². The van der Waals surface area contributed by atoms with Crippen LogP contribution in [0.2, 0.25) is 0 Å². The Labute approximate surface area is 123 Å². The molecule has 0 aromatic heterocycles. The van der Waals surface area contributed by atoms with E-state index in [1.807, 2.05) is 0 Å². The molecule has 0 aliphatic carbocycles. The van der Waals surface area contributed by atoms with Gasteiger partial charge in [-0.3, -0.25) is 0 Å². The standard InChI is InChI=1S/C16H21BrN2/c1-11(2)16(9-18)19-10-12-3-4-14-8-15(17)6-5-13(14)7-12/h3-8,11,16,19H,9-10,18H2,1-2H3. The normalized spacial score (nSPS) is 13.1. The monoisotopic (exact) mass is 320 g/mol. The van der Waals surface area contributed by atoms with E-state index in [9.17, 15) is 0 Å². The Kier molecular flexibility index (Phi) is 4.97. The summed E-state index contributed by atoms with van der Waals surface area (Å²) in [5, 5.41) is 6.06. The van der Waals surface area contributed by atoms with Crippen LogP contribution in [0.4, 0.5) is 0 Å². The van der Waals surface area contributed by atoms with E-state index < -0.39 is 0 Å². The zero-order valence-corrected chi connectivity index (χ0v) is 13.1. The Balaban J connectivity index is 2.11. The molecule has 0 amide bonds.